The maximum atomic E-state index is 12.2. The molecule has 0 spiro atoms. The van der Waals surface area contributed by atoms with E-state index >= 15 is 0 Å². The van der Waals surface area contributed by atoms with Gasteiger partial charge in [-0.2, -0.15) is 0 Å². The standard InChI is InChI=1S/C15H30N2O2S/c18-20(19,13-11-14-8-6-7-12-16-14)17-15-9-4-2-1-3-5-10-15/h14-17H,1-13H2. The monoisotopic (exact) mass is 302 g/mol. The van der Waals surface area contributed by atoms with Gasteiger partial charge in [-0.25, -0.2) is 13.1 Å². The highest BCUT2D eigenvalue weighted by atomic mass is 32.2. The minimum Gasteiger partial charge on any atom is -0.314 e. The molecule has 0 aromatic heterocycles. The van der Waals surface area contributed by atoms with Gasteiger partial charge in [0.25, 0.3) is 0 Å². The lowest BCUT2D eigenvalue weighted by Gasteiger charge is -2.24. The Morgan fingerprint density at radius 3 is 2.20 bits per heavy atom. The molecule has 0 aromatic carbocycles. The first-order valence-electron chi connectivity index (χ1n) is 8.39. The molecule has 20 heavy (non-hydrogen) atoms. The summed E-state index contributed by atoms with van der Waals surface area (Å²) < 4.78 is 27.3. The average Bonchev–Trinajstić information content (AvgIpc) is 2.41. The molecule has 1 saturated heterocycles. The van der Waals surface area contributed by atoms with Gasteiger partial charge >= 0.3 is 0 Å². The van der Waals surface area contributed by atoms with Gasteiger partial charge in [-0.05, 0) is 38.6 Å². The molecule has 1 saturated carbocycles. The van der Waals surface area contributed by atoms with Crippen LogP contribution >= 0.6 is 0 Å². The zero-order chi connectivity index (χ0) is 14.3. The van der Waals surface area contributed by atoms with Crippen molar-refractivity contribution in [3.8, 4) is 0 Å². The lowest BCUT2D eigenvalue weighted by molar-refractivity contribution is 0.390. The number of sulfonamides is 1. The zero-order valence-corrected chi connectivity index (χ0v) is 13.4. The van der Waals surface area contributed by atoms with Crippen LogP contribution in [-0.4, -0.2) is 32.8 Å². The third kappa shape index (κ3) is 6.10. The van der Waals surface area contributed by atoms with Crippen molar-refractivity contribution >= 4 is 10.0 Å². The van der Waals surface area contributed by atoms with E-state index in [2.05, 4.69) is 10.0 Å². The lowest BCUT2D eigenvalue weighted by atomic mass is 9.97. The fourth-order valence-electron chi connectivity index (χ4n) is 3.35. The first-order valence-corrected chi connectivity index (χ1v) is 10.0. The third-order valence-corrected chi connectivity index (χ3v) is 6.06. The van der Waals surface area contributed by atoms with Gasteiger partial charge in [-0.15, -0.1) is 0 Å². The van der Waals surface area contributed by atoms with Gasteiger partial charge in [-0.1, -0.05) is 38.5 Å². The SMILES string of the molecule is O=S(=O)(CCC1CCCCN1)NC1CCCCCCC1. The molecule has 2 fully saturated rings. The van der Waals surface area contributed by atoms with Crippen LogP contribution in [0.1, 0.15) is 70.6 Å². The summed E-state index contributed by atoms with van der Waals surface area (Å²) in [7, 11) is -3.10. The Morgan fingerprint density at radius 2 is 1.55 bits per heavy atom. The summed E-state index contributed by atoms with van der Waals surface area (Å²) in [6.45, 7) is 1.04. The summed E-state index contributed by atoms with van der Waals surface area (Å²) >= 11 is 0. The second kappa shape index (κ2) is 8.35. The van der Waals surface area contributed by atoms with Crippen LogP contribution in [0.5, 0.6) is 0 Å². The largest absolute Gasteiger partial charge is 0.314 e. The van der Waals surface area contributed by atoms with Gasteiger partial charge in [0, 0.05) is 12.1 Å². The molecule has 1 atom stereocenters. The van der Waals surface area contributed by atoms with E-state index in [1.807, 2.05) is 0 Å². The molecule has 0 amide bonds. The van der Waals surface area contributed by atoms with Crippen LogP contribution in [0, 0.1) is 0 Å². The molecule has 0 bridgehead atoms. The van der Waals surface area contributed by atoms with Crippen molar-refractivity contribution in [2.24, 2.45) is 0 Å². The number of piperidine rings is 1. The van der Waals surface area contributed by atoms with Crippen molar-refractivity contribution in [2.45, 2.75) is 82.7 Å². The first kappa shape index (κ1) is 16.2. The summed E-state index contributed by atoms with van der Waals surface area (Å²) in [5.41, 5.74) is 0. The normalized spacial score (nSPS) is 26.9. The Morgan fingerprint density at radius 1 is 0.900 bits per heavy atom. The maximum Gasteiger partial charge on any atom is 0.211 e. The highest BCUT2D eigenvalue weighted by molar-refractivity contribution is 7.89. The Kier molecular flexibility index (Phi) is 6.78. The van der Waals surface area contributed by atoms with Gasteiger partial charge in [0.1, 0.15) is 0 Å². The summed E-state index contributed by atoms with van der Waals surface area (Å²) in [4.78, 5) is 0. The molecule has 1 aliphatic carbocycles. The van der Waals surface area contributed by atoms with Crippen LogP contribution in [0.15, 0.2) is 0 Å². The molecule has 4 nitrogen and oxygen atoms in total. The minimum atomic E-state index is -3.10. The molecule has 1 aliphatic heterocycles. The van der Waals surface area contributed by atoms with E-state index in [1.54, 1.807) is 0 Å². The van der Waals surface area contributed by atoms with Crippen molar-refractivity contribution in [2.75, 3.05) is 12.3 Å². The van der Waals surface area contributed by atoms with Crippen LogP contribution in [0.3, 0.4) is 0 Å². The average molecular weight is 302 g/mol. The van der Waals surface area contributed by atoms with Gasteiger partial charge in [0.15, 0.2) is 0 Å². The van der Waals surface area contributed by atoms with Gasteiger partial charge < -0.3 is 5.32 Å². The zero-order valence-electron chi connectivity index (χ0n) is 12.6. The van der Waals surface area contributed by atoms with E-state index in [4.69, 9.17) is 0 Å². The van der Waals surface area contributed by atoms with E-state index in [0.717, 1.165) is 45.1 Å². The highest BCUT2D eigenvalue weighted by Gasteiger charge is 2.21. The second-order valence-corrected chi connectivity index (χ2v) is 8.29. The van der Waals surface area contributed by atoms with E-state index in [9.17, 15) is 8.42 Å². The fourth-order valence-corrected chi connectivity index (χ4v) is 4.81. The Labute approximate surface area is 124 Å². The predicted octanol–water partition coefficient (Wildman–Crippen LogP) is 2.55. The summed E-state index contributed by atoms with van der Waals surface area (Å²) in [5, 5.41) is 3.42. The van der Waals surface area contributed by atoms with Crippen molar-refractivity contribution in [3.63, 3.8) is 0 Å². The fraction of sp³-hybridized carbons (Fsp3) is 1.00. The molecule has 2 rings (SSSR count). The van der Waals surface area contributed by atoms with Gasteiger partial charge in [0.05, 0.1) is 5.75 Å². The second-order valence-electron chi connectivity index (χ2n) is 6.41. The van der Waals surface area contributed by atoms with E-state index in [0.29, 0.717) is 6.04 Å². The Hall–Kier alpha value is -0.130. The van der Waals surface area contributed by atoms with Crippen LogP contribution in [0.2, 0.25) is 0 Å². The topological polar surface area (TPSA) is 58.2 Å². The molecule has 0 aromatic rings. The van der Waals surface area contributed by atoms with E-state index in [-0.39, 0.29) is 11.8 Å². The molecule has 118 valence electrons. The van der Waals surface area contributed by atoms with Crippen molar-refractivity contribution in [1.29, 1.82) is 0 Å². The first-order chi connectivity index (χ1) is 9.66. The number of rotatable bonds is 5. The van der Waals surface area contributed by atoms with Crippen molar-refractivity contribution < 1.29 is 8.42 Å². The van der Waals surface area contributed by atoms with Crippen LogP contribution in [0.25, 0.3) is 0 Å². The summed E-state index contributed by atoms with van der Waals surface area (Å²) in [5.74, 6) is 0.279. The van der Waals surface area contributed by atoms with Crippen LogP contribution in [0.4, 0.5) is 0 Å². The van der Waals surface area contributed by atoms with Crippen molar-refractivity contribution in [3.05, 3.63) is 0 Å². The lowest BCUT2D eigenvalue weighted by Crippen LogP contribution is -2.40. The molecule has 2 N–H and O–H groups in total. The number of hydrogen-bond donors (Lipinski definition) is 2. The molecule has 1 unspecified atom stereocenters. The summed E-state index contributed by atoms with van der Waals surface area (Å²) in [6, 6.07) is 0.581. The minimum absolute atomic E-state index is 0.180. The van der Waals surface area contributed by atoms with E-state index in [1.165, 1.54) is 32.1 Å². The maximum absolute atomic E-state index is 12.2. The van der Waals surface area contributed by atoms with E-state index < -0.39 is 10.0 Å². The molecule has 5 heteroatoms. The summed E-state index contributed by atoms with van der Waals surface area (Å²) in [6.07, 6.45) is 12.5. The Balaban J connectivity index is 1.73. The van der Waals surface area contributed by atoms with Crippen LogP contribution in [-0.2, 0) is 10.0 Å². The quantitative estimate of drug-likeness (QED) is 0.820. The van der Waals surface area contributed by atoms with Gasteiger partial charge in [0.2, 0.25) is 10.0 Å². The van der Waals surface area contributed by atoms with Crippen LogP contribution < -0.4 is 10.0 Å². The smallest absolute Gasteiger partial charge is 0.211 e. The molecule has 1 heterocycles. The molecular formula is C15H30N2O2S. The molecule has 2 aliphatic rings. The molecular weight excluding hydrogens is 272 g/mol. The number of hydrogen-bond acceptors (Lipinski definition) is 3. The third-order valence-electron chi connectivity index (χ3n) is 4.60. The van der Waals surface area contributed by atoms with Gasteiger partial charge in [-0.3, -0.25) is 0 Å². The highest BCUT2D eigenvalue weighted by Crippen LogP contribution is 2.18. The van der Waals surface area contributed by atoms with Crippen molar-refractivity contribution in [1.82, 2.24) is 10.0 Å². The molecule has 0 radical (unpaired) electrons. The predicted molar refractivity (Wildman–Crippen MR) is 83.3 cm³/mol. The Bertz CT molecular complexity index is 356. The number of nitrogens with one attached hydrogen (secondary N) is 2.